The molecule has 3 heterocycles. The van der Waals surface area contributed by atoms with Gasteiger partial charge in [0.25, 0.3) is 0 Å². The Labute approximate surface area is 179 Å². The third-order valence-corrected chi connectivity index (χ3v) is 6.80. The zero-order chi connectivity index (χ0) is 20.7. The number of benzene rings is 1. The van der Waals surface area contributed by atoms with Gasteiger partial charge in [-0.3, -0.25) is 4.68 Å². The van der Waals surface area contributed by atoms with Crippen LogP contribution in [0.5, 0.6) is 0 Å². The highest BCUT2D eigenvalue weighted by Gasteiger charge is 2.23. The van der Waals surface area contributed by atoms with Gasteiger partial charge in [0.2, 0.25) is 10.0 Å². The number of nitrogens with one attached hydrogen (secondary N) is 1. The van der Waals surface area contributed by atoms with E-state index >= 15 is 0 Å². The zero-order valence-corrected chi connectivity index (χ0v) is 17.6. The van der Waals surface area contributed by atoms with Crippen LogP contribution in [0, 0.1) is 0 Å². The van der Waals surface area contributed by atoms with Crippen molar-refractivity contribution in [3.8, 4) is 0 Å². The number of imidazole rings is 1. The van der Waals surface area contributed by atoms with Gasteiger partial charge in [0, 0.05) is 30.2 Å². The van der Waals surface area contributed by atoms with Crippen LogP contribution in [-0.4, -0.2) is 27.6 Å². The Morgan fingerprint density at radius 2 is 1.87 bits per heavy atom. The van der Waals surface area contributed by atoms with E-state index in [9.17, 15) is 8.42 Å². The molecule has 0 saturated heterocycles. The summed E-state index contributed by atoms with van der Waals surface area (Å²) in [5, 5.41) is 4.81. The second-order valence-corrected chi connectivity index (χ2v) is 9.76. The molecule has 1 fully saturated rings. The monoisotopic (exact) mass is 441 g/mol. The molecule has 30 heavy (non-hydrogen) atoms. The van der Waals surface area contributed by atoms with Crippen molar-refractivity contribution in [3.63, 3.8) is 0 Å². The molecule has 1 N–H and O–H groups in total. The maximum Gasteiger partial charge on any atom is 0.243 e. The number of hydrogen-bond acceptors (Lipinski definition) is 4. The minimum absolute atomic E-state index is 0.122. The number of nitrogens with zero attached hydrogens (tertiary/aromatic N) is 4. The van der Waals surface area contributed by atoms with Crippen LogP contribution in [0.25, 0.3) is 5.65 Å². The Balaban J connectivity index is 1.28. The zero-order valence-electron chi connectivity index (χ0n) is 16.1. The normalized spacial score (nSPS) is 14.4. The fourth-order valence-electron chi connectivity index (χ4n) is 3.40. The minimum atomic E-state index is -3.66. The van der Waals surface area contributed by atoms with Crippen LogP contribution >= 0.6 is 11.6 Å². The average molecular weight is 442 g/mol. The van der Waals surface area contributed by atoms with Crippen molar-refractivity contribution >= 4 is 27.3 Å². The Hall–Kier alpha value is -2.68. The van der Waals surface area contributed by atoms with Crippen LogP contribution < -0.4 is 4.72 Å². The molecular formula is C21H20ClN5O2S. The third kappa shape index (κ3) is 4.12. The Morgan fingerprint density at radius 1 is 1.07 bits per heavy atom. The fourth-order valence-corrected chi connectivity index (χ4v) is 4.49. The lowest BCUT2D eigenvalue weighted by Crippen LogP contribution is -2.22. The van der Waals surface area contributed by atoms with Gasteiger partial charge < -0.3 is 4.40 Å². The molecule has 0 atom stereocenters. The molecule has 0 bridgehead atoms. The number of halogens is 1. The van der Waals surface area contributed by atoms with E-state index in [1.165, 1.54) is 30.8 Å². The topological polar surface area (TPSA) is 81.3 Å². The van der Waals surface area contributed by atoms with E-state index in [-0.39, 0.29) is 11.4 Å². The van der Waals surface area contributed by atoms with E-state index in [2.05, 4.69) is 27.1 Å². The molecule has 7 nitrogen and oxygen atoms in total. The molecule has 1 saturated carbocycles. The third-order valence-electron chi connectivity index (χ3n) is 5.20. The Morgan fingerprint density at radius 3 is 2.63 bits per heavy atom. The molecule has 0 aliphatic heterocycles. The van der Waals surface area contributed by atoms with Crippen LogP contribution in [-0.2, 0) is 23.1 Å². The van der Waals surface area contributed by atoms with E-state index < -0.39 is 10.0 Å². The summed E-state index contributed by atoms with van der Waals surface area (Å²) in [6.45, 7) is 0.577. The van der Waals surface area contributed by atoms with Gasteiger partial charge in [-0.2, -0.15) is 5.10 Å². The van der Waals surface area contributed by atoms with Crippen molar-refractivity contribution in [2.75, 3.05) is 0 Å². The maximum atomic E-state index is 12.6. The quantitative estimate of drug-likeness (QED) is 0.475. The van der Waals surface area contributed by atoms with Gasteiger partial charge in [-0.15, -0.1) is 0 Å². The summed E-state index contributed by atoms with van der Waals surface area (Å²) in [4.78, 5) is 4.73. The van der Waals surface area contributed by atoms with Crippen LogP contribution in [0.4, 0.5) is 0 Å². The fraction of sp³-hybridized carbons (Fsp3) is 0.238. The molecule has 1 aromatic carbocycles. The van der Waals surface area contributed by atoms with E-state index in [1.807, 2.05) is 16.7 Å². The van der Waals surface area contributed by atoms with Gasteiger partial charge in [-0.25, -0.2) is 18.1 Å². The number of aromatic nitrogens is 4. The molecule has 1 aliphatic carbocycles. The molecule has 9 heteroatoms. The first kappa shape index (κ1) is 19.3. The van der Waals surface area contributed by atoms with Crippen LogP contribution in [0.2, 0.25) is 5.02 Å². The summed E-state index contributed by atoms with van der Waals surface area (Å²) in [5.41, 5.74) is 3.86. The van der Waals surface area contributed by atoms with Gasteiger partial charge in [-0.1, -0.05) is 29.8 Å². The van der Waals surface area contributed by atoms with Crippen molar-refractivity contribution in [1.82, 2.24) is 23.9 Å². The SMILES string of the molecule is O=S(=O)(NCc1ccc(Cl)cc1)c1cnn(Cc2cn3cc(C4CC4)ccc3n2)c1. The van der Waals surface area contributed by atoms with Crippen molar-refractivity contribution in [1.29, 1.82) is 0 Å². The average Bonchev–Trinajstić information content (AvgIpc) is 3.33. The lowest BCUT2D eigenvalue weighted by molar-refractivity contribution is 0.581. The van der Waals surface area contributed by atoms with Crippen LogP contribution in [0.1, 0.15) is 35.6 Å². The van der Waals surface area contributed by atoms with Gasteiger partial charge >= 0.3 is 0 Å². The molecule has 4 aromatic rings. The molecular weight excluding hydrogens is 422 g/mol. The predicted molar refractivity (Wildman–Crippen MR) is 114 cm³/mol. The summed E-state index contributed by atoms with van der Waals surface area (Å²) < 4.78 is 31.3. The summed E-state index contributed by atoms with van der Waals surface area (Å²) in [7, 11) is -3.66. The molecule has 3 aromatic heterocycles. The first-order chi connectivity index (χ1) is 14.5. The highest BCUT2D eigenvalue weighted by Crippen LogP contribution is 2.39. The maximum absolute atomic E-state index is 12.6. The molecule has 0 radical (unpaired) electrons. The molecule has 0 amide bonds. The number of pyridine rings is 1. The van der Waals surface area contributed by atoms with Gasteiger partial charge in [0.1, 0.15) is 10.5 Å². The highest BCUT2D eigenvalue weighted by atomic mass is 35.5. The summed E-state index contributed by atoms with van der Waals surface area (Å²) >= 11 is 5.86. The second kappa shape index (κ2) is 7.54. The molecule has 1 aliphatic rings. The van der Waals surface area contributed by atoms with Gasteiger partial charge in [-0.05, 0) is 48.1 Å². The summed E-state index contributed by atoms with van der Waals surface area (Å²) in [6, 6.07) is 11.2. The number of fused-ring (bicyclic) bond motifs is 1. The van der Waals surface area contributed by atoms with Crippen molar-refractivity contribution in [2.45, 2.75) is 36.7 Å². The van der Waals surface area contributed by atoms with Crippen molar-refractivity contribution < 1.29 is 8.42 Å². The minimum Gasteiger partial charge on any atom is -0.306 e. The first-order valence-electron chi connectivity index (χ1n) is 9.70. The summed E-state index contributed by atoms with van der Waals surface area (Å²) in [6.07, 6.45) is 9.47. The molecule has 0 unspecified atom stereocenters. The smallest absolute Gasteiger partial charge is 0.243 e. The van der Waals surface area contributed by atoms with Gasteiger partial charge in [0.05, 0.1) is 18.4 Å². The summed E-state index contributed by atoms with van der Waals surface area (Å²) in [5.74, 6) is 0.680. The molecule has 154 valence electrons. The lowest BCUT2D eigenvalue weighted by Gasteiger charge is -2.05. The number of sulfonamides is 1. The van der Waals surface area contributed by atoms with Gasteiger partial charge in [0.15, 0.2) is 0 Å². The standard InChI is InChI=1S/C21H20ClN5O2S/c22-18-6-1-15(2-7-18)9-24-30(28,29)20-10-23-27(14-20)13-19-12-26-11-17(16-3-4-16)5-8-21(26)25-19/h1-2,5-8,10-12,14,16,24H,3-4,9,13H2. The largest absolute Gasteiger partial charge is 0.306 e. The van der Waals surface area contributed by atoms with E-state index in [4.69, 9.17) is 11.6 Å². The number of rotatable bonds is 7. The van der Waals surface area contributed by atoms with E-state index in [0.717, 1.165) is 16.9 Å². The Kier molecular flexibility index (Phi) is 4.85. The number of hydrogen-bond donors (Lipinski definition) is 1. The van der Waals surface area contributed by atoms with Crippen molar-refractivity contribution in [2.24, 2.45) is 0 Å². The second-order valence-electron chi connectivity index (χ2n) is 7.56. The lowest BCUT2D eigenvalue weighted by atomic mass is 10.2. The predicted octanol–water partition coefficient (Wildman–Crippen LogP) is 3.59. The highest BCUT2D eigenvalue weighted by molar-refractivity contribution is 7.89. The first-order valence-corrected chi connectivity index (χ1v) is 11.6. The Bertz CT molecular complexity index is 1310. The van der Waals surface area contributed by atoms with E-state index in [0.29, 0.717) is 17.5 Å². The van der Waals surface area contributed by atoms with Crippen LogP contribution in [0.15, 0.2) is 66.1 Å². The van der Waals surface area contributed by atoms with Crippen molar-refractivity contribution in [3.05, 3.63) is 83.0 Å². The van der Waals surface area contributed by atoms with E-state index in [1.54, 1.807) is 28.9 Å². The molecule has 5 rings (SSSR count). The molecule has 0 spiro atoms. The van der Waals surface area contributed by atoms with Crippen LogP contribution in [0.3, 0.4) is 0 Å².